The Kier molecular flexibility index (Phi) is 5.48. The lowest BCUT2D eigenvalue weighted by atomic mass is 9.79. The zero-order valence-corrected chi connectivity index (χ0v) is 13.7. The Labute approximate surface area is 124 Å². The summed E-state index contributed by atoms with van der Waals surface area (Å²) < 4.78 is 0. The molecule has 5 atom stereocenters. The van der Waals surface area contributed by atoms with Crippen molar-refractivity contribution in [2.45, 2.75) is 90.9 Å². The molecule has 1 saturated heterocycles. The largest absolute Gasteiger partial charge is 0.323 e. The summed E-state index contributed by atoms with van der Waals surface area (Å²) in [5, 5.41) is 3.60. The highest BCUT2D eigenvalue weighted by Crippen LogP contribution is 2.35. The van der Waals surface area contributed by atoms with E-state index in [1.54, 1.807) is 0 Å². The van der Waals surface area contributed by atoms with Crippen molar-refractivity contribution < 1.29 is 4.79 Å². The number of rotatable bonds is 5. The third kappa shape index (κ3) is 3.19. The molecule has 1 heterocycles. The van der Waals surface area contributed by atoms with Gasteiger partial charge in [-0.15, -0.1) is 0 Å². The number of nitrogens with zero attached hydrogens (tertiary/aromatic N) is 1. The Bertz CT molecular complexity index is 331. The van der Waals surface area contributed by atoms with Crippen LogP contribution in [0.4, 0.5) is 0 Å². The van der Waals surface area contributed by atoms with E-state index in [0.29, 0.717) is 17.9 Å². The third-order valence-corrected chi connectivity index (χ3v) is 5.16. The fourth-order valence-corrected chi connectivity index (χ4v) is 4.17. The van der Waals surface area contributed by atoms with Gasteiger partial charge < -0.3 is 4.90 Å². The van der Waals surface area contributed by atoms with Crippen molar-refractivity contribution in [2.75, 3.05) is 0 Å². The predicted molar refractivity (Wildman–Crippen MR) is 83.3 cm³/mol. The molecule has 0 aromatic rings. The maximum absolute atomic E-state index is 12.8. The maximum Gasteiger partial charge on any atom is 0.241 e. The lowest BCUT2D eigenvalue weighted by molar-refractivity contribution is -0.134. The fourth-order valence-electron chi connectivity index (χ4n) is 4.17. The quantitative estimate of drug-likeness (QED) is 0.835. The van der Waals surface area contributed by atoms with Gasteiger partial charge in [-0.05, 0) is 43.9 Å². The van der Waals surface area contributed by atoms with Crippen molar-refractivity contribution in [3.63, 3.8) is 0 Å². The number of nitrogens with one attached hydrogen (secondary N) is 1. The number of hydrogen-bond donors (Lipinski definition) is 1. The zero-order valence-electron chi connectivity index (χ0n) is 13.7. The lowest BCUT2D eigenvalue weighted by Crippen LogP contribution is -2.49. The smallest absolute Gasteiger partial charge is 0.241 e. The number of carbonyl (C=O) groups is 1. The van der Waals surface area contributed by atoms with Crippen LogP contribution < -0.4 is 5.32 Å². The predicted octanol–water partition coefficient (Wildman–Crippen LogP) is 3.54. The average molecular weight is 280 g/mol. The van der Waals surface area contributed by atoms with Crippen molar-refractivity contribution in [3.8, 4) is 0 Å². The second-order valence-electron chi connectivity index (χ2n) is 7.02. The van der Waals surface area contributed by atoms with Crippen LogP contribution in [0.2, 0.25) is 0 Å². The average Bonchev–Trinajstić information content (AvgIpc) is 2.68. The van der Waals surface area contributed by atoms with Crippen LogP contribution in [0.15, 0.2) is 0 Å². The molecule has 5 unspecified atom stereocenters. The minimum absolute atomic E-state index is 0.0723. The minimum Gasteiger partial charge on any atom is -0.323 e. The third-order valence-electron chi connectivity index (χ3n) is 5.16. The molecule has 0 spiro atoms. The van der Waals surface area contributed by atoms with Gasteiger partial charge in [-0.1, -0.05) is 40.5 Å². The molecule has 0 aromatic carbocycles. The van der Waals surface area contributed by atoms with Gasteiger partial charge in [0, 0.05) is 6.04 Å². The van der Waals surface area contributed by atoms with E-state index in [0.717, 1.165) is 31.6 Å². The van der Waals surface area contributed by atoms with E-state index in [1.807, 2.05) is 0 Å². The van der Waals surface area contributed by atoms with Gasteiger partial charge in [-0.3, -0.25) is 10.1 Å². The molecule has 0 aromatic heterocycles. The highest BCUT2D eigenvalue weighted by molar-refractivity contribution is 5.84. The Morgan fingerprint density at radius 2 is 1.85 bits per heavy atom. The van der Waals surface area contributed by atoms with Crippen LogP contribution in [0.5, 0.6) is 0 Å². The van der Waals surface area contributed by atoms with Crippen LogP contribution in [0, 0.1) is 11.8 Å². The first-order chi connectivity index (χ1) is 9.58. The summed E-state index contributed by atoms with van der Waals surface area (Å²) in [5.74, 6) is 1.84. The van der Waals surface area contributed by atoms with Crippen LogP contribution in [0.3, 0.4) is 0 Å². The molecular weight excluding hydrogens is 248 g/mol. The topological polar surface area (TPSA) is 32.3 Å². The van der Waals surface area contributed by atoms with E-state index in [4.69, 9.17) is 0 Å². The van der Waals surface area contributed by atoms with Crippen molar-refractivity contribution in [2.24, 2.45) is 11.8 Å². The van der Waals surface area contributed by atoms with Gasteiger partial charge in [-0.25, -0.2) is 0 Å². The SMILES string of the molecule is CCCC1NC(CCC)N(C2CCC(C)CC2C)C1=O. The molecule has 2 fully saturated rings. The molecule has 2 rings (SSSR count). The minimum atomic E-state index is 0.0723. The normalized spacial score (nSPS) is 38.5. The lowest BCUT2D eigenvalue weighted by Gasteiger charge is -2.41. The zero-order chi connectivity index (χ0) is 14.7. The molecule has 1 saturated carbocycles. The standard InChI is InChI=1S/C17H32N2O/c1-5-7-14-17(20)19(16(18-14)8-6-2)15-10-9-12(3)11-13(15)4/h12-16,18H,5-11H2,1-4H3. The molecular formula is C17H32N2O. The number of carbonyl (C=O) groups excluding carboxylic acids is 1. The van der Waals surface area contributed by atoms with Crippen LogP contribution in [0.1, 0.15) is 72.6 Å². The van der Waals surface area contributed by atoms with Gasteiger partial charge in [0.1, 0.15) is 0 Å². The van der Waals surface area contributed by atoms with Crippen molar-refractivity contribution >= 4 is 5.91 Å². The Balaban J connectivity index is 2.11. The number of amides is 1. The number of hydrogen-bond acceptors (Lipinski definition) is 2. The van der Waals surface area contributed by atoms with E-state index >= 15 is 0 Å². The second kappa shape index (κ2) is 6.93. The first-order valence-corrected chi connectivity index (χ1v) is 8.66. The fraction of sp³-hybridized carbons (Fsp3) is 0.941. The van der Waals surface area contributed by atoms with Crippen LogP contribution in [-0.2, 0) is 4.79 Å². The summed E-state index contributed by atoms with van der Waals surface area (Å²) in [6.45, 7) is 9.06. The molecule has 2 aliphatic rings. The van der Waals surface area contributed by atoms with Crippen molar-refractivity contribution in [1.82, 2.24) is 10.2 Å². The van der Waals surface area contributed by atoms with E-state index in [9.17, 15) is 4.79 Å². The molecule has 1 amide bonds. The molecule has 1 N–H and O–H groups in total. The van der Waals surface area contributed by atoms with Crippen LogP contribution in [-0.4, -0.2) is 29.1 Å². The van der Waals surface area contributed by atoms with Gasteiger partial charge in [0.25, 0.3) is 0 Å². The molecule has 1 aliphatic carbocycles. The monoisotopic (exact) mass is 280 g/mol. The second-order valence-corrected chi connectivity index (χ2v) is 7.02. The van der Waals surface area contributed by atoms with Gasteiger partial charge in [0.2, 0.25) is 5.91 Å². The van der Waals surface area contributed by atoms with Gasteiger partial charge >= 0.3 is 0 Å². The molecule has 3 heteroatoms. The molecule has 1 aliphatic heterocycles. The van der Waals surface area contributed by atoms with Gasteiger partial charge in [0.05, 0.1) is 12.2 Å². The highest BCUT2D eigenvalue weighted by Gasteiger charge is 2.43. The van der Waals surface area contributed by atoms with E-state index in [2.05, 4.69) is 37.9 Å². The summed E-state index contributed by atoms with van der Waals surface area (Å²) in [7, 11) is 0. The van der Waals surface area contributed by atoms with Crippen LogP contribution >= 0.6 is 0 Å². The first kappa shape index (κ1) is 15.8. The summed E-state index contributed by atoms with van der Waals surface area (Å²) in [6, 6.07) is 0.535. The summed E-state index contributed by atoms with van der Waals surface area (Å²) in [6.07, 6.45) is 8.30. The molecule has 0 bridgehead atoms. The molecule has 3 nitrogen and oxygen atoms in total. The van der Waals surface area contributed by atoms with E-state index in [1.165, 1.54) is 19.3 Å². The van der Waals surface area contributed by atoms with Gasteiger partial charge in [0.15, 0.2) is 0 Å². The Morgan fingerprint density at radius 3 is 2.45 bits per heavy atom. The Hall–Kier alpha value is -0.570. The molecule has 0 radical (unpaired) electrons. The molecule has 116 valence electrons. The molecule has 20 heavy (non-hydrogen) atoms. The maximum atomic E-state index is 12.8. The summed E-state index contributed by atoms with van der Waals surface area (Å²) in [5.41, 5.74) is 0. The van der Waals surface area contributed by atoms with Crippen molar-refractivity contribution in [3.05, 3.63) is 0 Å². The summed E-state index contributed by atoms with van der Waals surface area (Å²) >= 11 is 0. The summed E-state index contributed by atoms with van der Waals surface area (Å²) in [4.78, 5) is 15.0. The Morgan fingerprint density at radius 1 is 1.15 bits per heavy atom. The highest BCUT2D eigenvalue weighted by atomic mass is 16.2. The first-order valence-electron chi connectivity index (χ1n) is 8.66. The van der Waals surface area contributed by atoms with E-state index in [-0.39, 0.29) is 12.2 Å². The van der Waals surface area contributed by atoms with Crippen LogP contribution in [0.25, 0.3) is 0 Å². The van der Waals surface area contributed by atoms with E-state index < -0.39 is 0 Å². The van der Waals surface area contributed by atoms with Crippen molar-refractivity contribution in [1.29, 1.82) is 0 Å². The van der Waals surface area contributed by atoms with Gasteiger partial charge in [-0.2, -0.15) is 0 Å².